The summed E-state index contributed by atoms with van der Waals surface area (Å²) in [6.07, 6.45) is 1.86. The number of benzene rings is 2. The molecule has 0 aliphatic rings. The van der Waals surface area contributed by atoms with E-state index in [-0.39, 0.29) is 24.0 Å². The minimum Gasteiger partial charge on any atom is -0.497 e. The molecule has 0 aliphatic carbocycles. The summed E-state index contributed by atoms with van der Waals surface area (Å²) >= 11 is 0. The van der Waals surface area contributed by atoms with Gasteiger partial charge < -0.3 is 20.5 Å². The number of nitrogens with one attached hydrogen (secondary N) is 1. The molecule has 0 saturated carbocycles. The molecule has 0 aromatic heterocycles. The van der Waals surface area contributed by atoms with Crippen LogP contribution in [-0.2, 0) is 0 Å². The second-order valence-electron chi connectivity index (χ2n) is 5.49. The Hall–Kier alpha value is -1.96. The van der Waals surface area contributed by atoms with Crippen molar-refractivity contribution in [1.82, 2.24) is 0 Å². The van der Waals surface area contributed by atoms with Crippen LogP contribution in [0.15, 0.2) is 53.5 Å². The summed E-state index contributed by atoms with van der Waals surface area (Å²) in [6.45, 7) is 3.41. The zero-order valence-corrected chi connectivity index (χ0v) is 17.0. The first-order chi connectivity index (χ1) is 11.7. The van der Waals surface area contributed by atoms with Crippen molar-refractivity contribution < 1.29 is 9.47 Å². The summed E-state index contributed by atoms with van der Waals surface area (Å²) in [5.74, 6) is 2.09. The van der Waals surface area contributed by atoms with E-state index in [0.29, 0.717) is 19.1 Å². The fourth-order valence-electron chi connectivity index (χ4n) is 2.13. The Kier molecular flexibility index (Phi) is 9.76. The second kappa shape index (κ2) is 11.6. The summed E-state index contributed by atoms with van der Waals surface area (Å²) < 4.78 is 10.9. The van der Waals surface area contributed by atoms with Gasteiger partial charge >= 0.3 is 0 Å². The van der Waals surface area contributed by atoms with Gasteiger partial charge in [0.1, 0.15) is 11.5 Å². The Bertz CT molecular complexity index is 660. The molecule has 0 fully saturated rings. The first kappa shape index (κ1) is 21.1. The normalized spacial score (nSPS) is 10.7. The van der Waals surface area contributed by atoms with Gasteiger partial charge in [0.2, 0.25) is 0 Å². The van der Waals surface area contributed by atoms with Gasteiger partial charge in [0, 0.05) is 18.3 Å². The average Bonchev–Trinajstić information content (AvgIpc) is 2.59. The summed E-state index contributed by atoms with van der Waals surface area (Å²) in [6, 6.07) is 15.6. The van der Waals surface area contributed by atoms with Gasteiger partial charge in [0.05, 0.1) is 13.7 Å². The number of hydrogen-bond donors (Lipinski definition) is 2. The quantitative estimate of drug-likeness (QED) is 0.271. The molecule has 2 rings (SSSR count). The predicted octanol–water partition coefficient (Wildman–Crippen LogP) is 4.21. The maximum atomic E-state index is 5.88. The van der Waals surface area contributed by atoms with Crippen LogP contribution in [0.5, 0.6) is 11.5 Å². The summed E-state index contributed by atoms with van der Waals surface area (Å²) in [5.41, 5.74) is 7.98. The summed E-state index contributed by atoms with van der Waals surface area (Å²) in [5, 5.41) is 3.06. The minimum atomic E-state index is 0. The molecule has 0 saturated heterocycles. The van der Waals surface area contributed by atoms with Gasteiger partial charge in [-0.05, 0) is 44.0 Å². The molecule has 2 aromatic carbocycles. The fraction of sp³-hybridized carbons (Fsp3) is 0.316. The van der Waals surface area contributed by atoms with Crippen molar-refractivity contribution in [3.8, 4) is 11.5 Å². The minimum absolute atomic E-state index is 0. The van der Waals surface area contributed by atoms with Crippen molar-refractivity contribution >= 4 is 35.6 Å². The predicted molar refractivity (Wildman–Crippen MR) is 114 cm³/mol. The molecule has 5 nitrogen and oxygen atoms in total. The zero-order valence-electron chi connectivity index (χ0n) is 14.7. The van der Waals surface area contributed by atoms with Gasteiger partial charge in [-0.15, -0.1) is 24.0 Å². The number of methoxy groups -OCH3 is 1. The monoisotopic (exact) mass is 455 g/mol. The van der Waals surface area contributed by atoms with Gasteiger partial charge in [0.15, 0.2) is 5.96 Å². The molecule has 0 radical (unpaired) electrons. The number of guanidine groups is 1. The van der Waals surface area contributed by atoms with E-state index in [2.05, 4.69) is 17.2 Å². The molecule has 6 heteroatoms. The first-order valence-electron chi connectivity index (χ1n) is 8.08. The van der Waals surface area contributed by atoms with Crippen LogP contribution in [0.4, 0.5) is 5.69 Å². The molecule has 0 heterocycles. The highest BCUT2D eigenvalue weighted by Gasteiger charge is 1.98. The van der Waals surface area contributed by atoms with E-state index in [1.165, 1.54) is 5.56 Å². The van der Waals surface area contributed by atoms with E-state index >= 15 is 0 Å². The largest absolute Gasteiger partial charge is 0.497 e. The lowest BCUT2D eigenvalue weighted by molar-refractivity contribution is 0.308. The number of hydrogen-bond acceptors (Lipinski definition) is 3. The van der Waals surface area contributed by atoms with Gasteiger partial charge in [-0.1, -0.05) is 23.8 Å². The highest BCUT2D eigenvalue weighted by Crippen LogP contribution is 2.16. The van der Waals surface area contributed by atoms with Crippen LogP contribution in [0.2, 0.25) is 0 Å². The van der Waals surface area contributed by atoms with Gasteiger partial charge in [-0.25, -0.2) is 0 Å². The van der Waals surface area contributed by atoms with Crippen molar-refractivity contribution in [3.05, 3.63) is 54.1 Å². The van der Waals surface area contributed by atoms with E-state index in [4.69, 9.17) is 15.2 Å². The Morgan fingerprint density at radius 3 is 2.56 bits per heavy atom. The maximum absolute atomic E-state index is 5.88. The van der Waals surface area contributed by atoms with Crippen molar-refractivity contribution in [2.75, 3.05) is 25.6 Å². The number of unbranched alkanes of at least 4 members (excludes halogenated alkanes) is 1. The second-order valence-corrected chi connectivity index (χ2v) is 5.49. The molecule has 25 heavy (non-hydrogen) atoms. The Morgan fingerprint density at radius 2 is 1.84 bits per heavy atom. The topological polar surface area (TPSA) is 68.9 Å². The molecule has 0 unspecified atom stereocenters. The van der Waals surface area contributed by atoms with Crippen LogP contribution in [0.25, 0.3) is 0 Å². The lowest BCUT2D eigenvalue weighted by Crippen LogP contribution is -2.22. The number of aryl methyl sites for hydroxylation is 1. The zero-order chi connectivity index (χ0) is 17.2. The van der Waals surface area contributed by atoms with Gasteiger partial charge in [0.25, 0.3) is 0 Å². The summed E-state index contributed by atoms with van der Waals surface area (Å²) in [4.78, 5) is 4.32. The molecule has 0 spiro atoms. The highest BCUT2D eigenvalue weighted by molar-refractivity contribution is 14.0. The van der Waals surface area contributed by atoms with E-state index < -0.39 is 0 Å². The van der Waals surface area contributed by atoms with Gasteiger partial charge in [-0.3, -0.25) is 4.99 Å². The molecule has 136 valence electrons. The van der Waals surface area contributed by atoms with E-state index in [1.807, 2.05) is 48.5 Å². The summed E-state index contributed by atoms with van der Waals surface area (Å²) in [7, 11) is 1.63. The number of nitrogens with two attached hydrogens (primary N) is 1. The van der Waals surface area contributed by atoms with Crippen LogP contribution >= 0.6 is 24.0 Å². The van der Waals surface area contributed by atoms with Gasteiger partial charge in [-0.2, -0.15) is 0 Å². The lowest BCUT2D eigenvalue weighted by atomic mass is 10.2. The number of rotatable bonds is 8. The number of aliphatic imine (C=N–C) groups is 1. The van der Waals surface area contributed by atoms with Crippen LogP contribution < -0.4 is 20.5 Å². The van der Waals surface area contributed by atoms with Crippen LogP contribution in [0, 0.1) is 6.92 Å². The van der Waals surface area contributed by atoms with E-state index in [9.17, 15) is 0 Å². The van der Waals surface area contributed by atoms with E-state index in [1.54, 1.807) is 7.11 Å². The number of nitrogens with zero attached hydrogens (tertiary/aromatic N) is 1. The van der Waals surface area contributed by atoms with Crippen molar-refractivity contribution in [1.29, 1.82) is 0 Å². The Labute approximate surface area is 166 Å². The third-order valence-corrected chi connectivity index (χ3v) is 3.47. The standard InChI is InChI=1S/C19H25N3O2.HI/c1-15-8-10-17(11-9-15)24-13-4-3-12-21-19(20)22-16-6-5-7-18(14-16)23-2;/h5-11,14H,3-4,12-13H2,1-2H3,(H3,20,21,22);1H. The molecular formula is C19H26IN3O2. The van der Waals surface area contributed by atoms with Crippen molar-refractivity contribution in [2.45, 2.75) is 19.8 Å². The Morgan fingerprint density at radius 1 is 1.08 bits per heavy atom. The fourth-order valence-corrected chi connectivity index (χ4v) is 2.13. The van der Waals surface area contributed by atoms with Crippen molar-refractivity contribution in [2.24, 2.45) is 10.7 Å². The first-order valence-corrected chi connectivity index (χ1v) is 8.08. The molecule has 0 atom stereocenters. The van der Waals surface area contributed by atoms with Crippen molar-refractivity contribution in [3.63, 3.8) is 0 Å². The van der Waals surface area contributed by atoms with E-state index in [0.717, 1.165) is 30.0 Å². The molecule has 0 amide bonds. The smallest absolute Gasteiger partial charge is 0.193 e. The SMILES string of the molecule is COc1cccc(NC(N)=NCCCCOc2ccc(C)cc2)c1.I. The molecule has 2 aromatic rings. The number of halogens is 1. The molecule has 3 N–H and O–H groups in total. The highest BCUT2D eigenvalue weighted by atomic mass is 127. The van der Waals surface area contributed by atoms with Crippen LogP contribution in [0.3, 0.4) is 0 Å². The number of ether oxygens (including phenoxy) is 2. The number of anilines is 1. The Balaban J connectivity index is 0.00000312. The molecular weight excluding hydrogens is 429 g/mol. The molecule has 0 bridgehead atoms. The third kappa shape index (κ3) is 8.11. The lowest BCUT2D eigenvalue weighted by Gasteiger charge is -2.08. The average molecular weight is 455 g/mol. The molecule has 0 aliphatic heterocycles. The van der Waals surface area contributed by atoms with Crippen LogP contribution in [0.1, 0.15) is 18.4 Å². The van der Waals surface area contributed by atoms with Crippen LogP contribution in [-0.4, -0.2) is 26.2 Å². The maximum Gasteiger partial charge on any atom is 0.193 e. The third-order valence-electron chi connectivity index (χ3n) is 3.47.